The predicted octanol–water partition coefficient (Wildman–Crippen LogP) is 4.85. The number of hydrazone groups is 1. The van der Waals surface area contributed by atoms with Gasteiger partial charge < -0.3 is 0 Å². The summed E-state index contributed by atoms with van der Waals surface area (Å²) in [5.41, 5.74) is 3.09. The second kappa shape index (κ2) is 6.74. The number of carbonyl (C=O) groups is 1. The highest BCUT2D eigenvalue weighted by atomic mass is 32.2. The van der Waals surface area contributed by atoms with Gasteiger partial charge >= 0.3 is 0 Å². The number of amides is 1. The molecule has 4 rings (SSSR count). The average Bonchev–Trinajstić information content (AvgIpc) is 2.99. The van der Waals surface area contributed by atoms with E-state index in [-0.39, 0.29) is 23.0 Å². The number of carbonyl (C=O) groups excluding carboxylic acids is 1. The highest BCUT2D eigenvalue weighted by Crippen LogP contribution is 2.45. The van der Waals surface area contributed by atoms with Gasteiger partial charge in [0.25, 0.3) is 0 Å². The van der Waals surface area contributed by atoms with Gasteiger partial charge in [-0.3, -0.25) is 4.79 Å². The molecule has 0 bridgehead atoms. The first-order valence-electron chi connectivity index (χ1n) is 8.49. The van der Waals surface area contributed by atoms with Gasteiger partial charge in [0.1, 0.15) is 11.2 Å². The molecule has 2 atom stereocenters. The molecule has 6 heteroatoms. The fourth-order valence-electron chi connectivity index (χ4n) is 3.29. The van der Waals surface area contributed by atoms with Crippen LogP contribution in [-0.4, -0.2) is 27.8 Å². The molecule has 0 fully saturated rings. The molecule has 26 heavy (non-hydrogen) atoms. The molecule has 0 unspecified atom stereocenters. The fourth-order valence-corrected chi connectivity index (χ4v) is 5.87. The maximum absolute atomic E-state index is 14.8. The molecule has 2 aliphatic heterocycles. The topological polar surface area (TPSA) is 32.7 Å². The van der Waals surface area contributed by atoms with E-state index in [4.69, 9.17) is 0 Å². The number of hydrogen-bond acceptors (Lipinski definition) is 4. The Bertz CT molecular complexity index is 911. The second-order valence-electron chi connectivity index (χ2n) is 6.66. The van der Waals surface area contributed by atoms with Crippen LogP contribution in [0.2, 0.25) is 0 Å². The SMILES string of the molecule is CC(=O)N1N=C2c3c(ccc(C)c3F)SC[C@@H]2[C@@H]1Sc1ccc(C)cc1. The number of benzene rings is 2. The molecule has 0 aliphatic carbocycles. The fraction of sp³-hybridized carbons (Fsp3) is 0.300. The zero-order chi connectivity index (χ0) is 18.4. The molecule has 134 valence electrons. The summed E-state index contributed by atoms with van der Waals surface area (Å²) in [5.74, 6) is 0.472. The Hall–Kier alpha value is -1.79. The first-order valence-corrected chi connectivity index (χ1v) is 10.4. The van der Waals surface area contributed by atoms with Crippen LogP contribution in [0.1, 0.15) is 23.6 Å². The van der Waals surface area contributed by atoms with E-state index >= 15 is 0 Å². The van der Waals surface area contributed by atoms with Gasteiger partial charge in [-0.15, -0.1) is 11.8 Å². The Morgan fingerprint density at radius 3 is 2.65 bits per heavy atom. The predicted molar refractivity (Wildman–Crippen MR) is 105 cm³/mol. The first kappa shape index (κ1) is 17.6. The Morgan fingerprint density at radius 1 is 1.23 bits per heavy atom. The van der Waals surface area contributed by atoms with Crippen molar-refractivity contribution in [2.45, 2.75) is 35.9 Å². The standard InChI is InChI=1S/C20H19FN2OS2/c1-11-4-7-14(8-5-11)26-20-15-10-25-16-9-6-12(2)18(21)17(16)19(15)22-23(20)13(3)24/h4-9,15,20H,10H2,1-3H3/t15-,20-/m0/s1. The molecular weight excluding hydrogens is 367 g/mol. The molecule has 0 saturated carbocycles. The third kappa shape index (κ3) is 2.95. The lowest BCUT2D eigenvalue weighted by molar-refractivity contribution is -0.129. The summed E-state index contributed by atoms with van der Waals surface area (Å²) in [6.45, 7) is 5.33. The number of aryl methyl sites for hydroxylation is 2. The van der Waals surface area contributed by atoms with Gasteiger partial charge in [-0.2, -0.15) is 5.10 Å². The highest BCUT2D eigenvalue weighted by Gasteiger charge is 2.44. The van der Waals surface area contributed by atoms with Crippen LogP contribution in [0.4, 0.5) is 4.39 Å². The van der Waals surface area contributed by atoms with Crippen molar-refractivity contribution in [2.24, 2.45) is 11.0 Å². The van der Waals surface area contributed by atoms with E-state index in [1.54, 1.807) is 36.5 Å². The zero-order valence-electron chi connectivity index (χ0n) is 14.8. The Labute approximate surface area is 161 Å². The van der Waals surface area contributed by atoms with Crippen molar-refractivity contribution >= 4 is 35.1 Å². The minimum atomic E-state index is -0.220. The lowest BCUT2D eigenvalue weighted by Gasteiger charge is -2.28. The van der Waals surface area contributed by atoms with Gasteiger partial charge in [0.05, 0.1) is 5.71 Å². The van der Waals surface area contributed by atoms with E-state index in [9.17, 15) is 9.18 Å². The molecule has 2 aromatic rings. The first-order chi connectivity index (χ1) is 12.5. The van der Waals surface area contributed by atoms with Gasteiger partial charge in [0.15, 0.2) is 0 Å². The van der Waals surface area contributed by atoms with Crippen LogP contribution in [0.15, 0.2) is 51.3 Å². The molecule has 0 aromatic heterocycles. The van der Waals surface area contributed by atoms with E-state index in [0.29, 0.717) is 16.8 Å². The molecule has 1 amide bonds. The number of thioether (sulfide) groups is 2. The number of hydrogen-bond donors (Lipinski definition) is 0. The summed E-state index contributed by atoms with van der Waals surface area (Å²) in [6.07, 6.45) is 0. The average molecular weight is 387 g/mol. The van der Waals surface area contributed by atoms with Crippen molar-refractivity contribution in [3.8, 4) is 0 Å². The van der Waals surface area contributed by atoms with E-state index in [1.807, 2.05) is 13.0 Å². The van der Waals surface area contributed by atoms with Gasteiger partial charge in [-0.05, 0) is 37.6 Å². The molecule has 0 radical (unpaired) electrons. The molecule has 3 nitrogen and oxygen atoms in total. The van der Waals surface area contributed by atoms with Crippen LogP contribution in [0.3, 0.4) is 0 Å². The Kier molecular flexibility index (Phi) is 4.57. The number of fused-ring (bicyclic) bond motifs is 3. The lowest BCUT2D eigenvalue weighted by atomic mass is 9.96. The van der Waals surface area contributed by atoms with Gasteiger partial charge in [0, 0.05) is 33.9 Å². The van der Waals surface area contributed by atoms with Crippen molar-refractivity contribution in [3.05, 3.63) is 58.9 Å². The van der Waals surface area contributed by atoms with Crippen LogP contribution in [0.25, 0.3) is 0 Å². The van der Waals surface area contributed by atoms with Crippen LogP contribution >= 0.6 is 23.5 Å². The van der Waals surface area contributed by atoms with Crippen molar-refractivity contribution < 1.29 is 9.18 Å². The third-order valence-electron chi connectivity index (χ3n) is 4.72. The smallest absolute Gasteiger partial charge is 0.240 e. The molecule has 2 aliphatic rings. The van der Waals surface area contributed by atoms with E-state index in [0.717, 1.165) is 15.5 Å². The summed E-state index contributed by atoms with van der Waals surface area (Å²) in [6, 6.07) is 12.0. The summed E-state index contributed by atoms with van der Waals surface area (Å²) < 4.78 is 14.8. The third-order valence-corrected chi connectivity index (χ3v) is 7.21. The maximum atomic E-state index is 14.8. The van der Waals surface area contributed by atoms with Crippen molar-refractivity contribution in [3.63, 3.8) is 0 Å². The number of nitrogens with zero attached hydrogens (tertiary/aromatic N) is 2. The van der Waals surface area contributed by atoms with E-state index < -0.39 is 0 Å². The Morgan fingerprint density at radius 2 is 1.96 bits per heavy atom. The summed E-state index contributed by atoms with van der Waals surface area (Å²) in [7, 11) is 0. The second-order valence-corrected chi connectivity index (χ2v) is 8.91. The zero-order valence-corrected chi connectivity index (χ0v) is 16.5. The van der Waals surface area contributed by atoms with E-state index in [2.05, 4.69) is 29.4 Å². The Balaban J connectivity index is 1.73. The van der Waals surface area contributed by atoms with Crippen molar-refractivity contribution in [1.29, 1.82) is 0 Å². The quantitative estimate of drug-likeness (QED) is 0.740. The molecule has 0 N–H and O–H groups in total. The molecule has 0 spiro atoms. The molecule has 2 heterocycles. The normalized spacial score (nSPS) is 21.2. The maximum Gasteiger partial charge on any atom is 0.240 e. The number of halogens is 1. The minimum Gasteiger partial charge on any atom is -0.273 e. The largest absolute Gasteiger partial charge is 0.273 e. The monoisotopic (exact) mass is 386 g/mol. The van der Waals surface area contributed by atoms with Crippen molar-refractivity contribution in [1.82, 2.24) is 5.01 Å². The minimum absolute atomic E-state index is 0.0130. The summed E-state index contributed by atoms with van der Waals surface area (Å²) in [4.78, 5) is 14.2. The van der Waals surface area contributed by atoms with Crippen molar-refractivity contribution in [2.75, 3.05) is 5.75 Å². The molecular formula is C20H19FN2OS2. The van der Waals surface area contributed by atoms with Crippen LogP contribution in [0, 0.1) is 25.6 Å². The molecule has 0 saturated heterocycles. The van der Waals surface area contributed by atoms with Crippen LogP contribution in [-0.2, 0) is 4.79 Å². The highest BCUT2D eigenvalue weighted by molar-refractivity contribution is 8.00. The summed E-state index contributed by atoms with van der Waals surface area (Å²) >= 11 is 3.27. The lowest BCUT2D eigenvalue weighted by Crippen LogP contribution is -2.36. The summed E-state index contributed by atoms with van der Waals surface area (Å²) in [5, 5.41) is 5.96. The van der Waals surface area contributed by atoms with Crippen LogP contribution < -0.4 is 0 Å². The van der Waals surface area contributed by atoms with Gasteiger partial charge in [-0.1, -0.05) is 35.5 Å². The van der Waals surface area contributed by atoms with Gasteiger partial charge in [0.2, 0.25) is 5.91 Å². The van der Waals surface area contributed by atoms with E-state index in [1.165, 1.54) is 17.5 Å². The molecule has 2 aromatic carbocycles. The van der Waals surface area contributed by atoms with Crippen LogP contribution in [0.5, 0.6) is 0 Å². The number of rotatable bonds is 2. The van der Waals surface area contributed by atoms with Gasteiger partial charge in [-0.25, -0.2) is 9.40 Å².